The normalized spacial score (nSPS) is 16.6. The number of methoxy groups -OCH3 is 2. The Morgan fingerprint density at radius 3 is 2.48 bits per heavy atom. The fourth-order valence-corrected chi connectivity index (χ4v) is 4.90. The van der Waals surface area contributed by atoms with Crippen molar-refractivity contribution in [2.24, 2.45) is 0 Å². The summed E-state index contributed by atoms with van der Waals surface area (Å²) in [5.41, 5.74) is 2.35. The van der Waals surface area contributed by atoms with Crippen molar-refractivity contribution < 1.29 is 42.9 Å². The summed E-state index contributed by atoms with van der Waals surface area (Å²) in [6.45, 7) is 0. The highest BCUT2D eigenvalue weighted by Crippen LogP contribution is 2.49. The molecule has 4 aromatic rings. The second-order valence-electron chi connectivity index (χ2n) is 9.22. The number of carboxylic acids is 1. The number of carboxylic acid groups (broad SMARTS) is 1. The summed E-state index contributed by atoms with van der Waals surface area (Å²) >= 11 is 0. The second kappa shape index (κ2) is 9.77. The number of hydrogen-bond donors (Lipinski definition) is 1. The van der Waals surface area contributed by atoms with E-state index < -0.39 is 17.9 Å². The lowest BCUT2D eigenvalue weighted by Gasteiger charge is -2.24. The van der Waals surface area contributed by atoms with Gasteiger partial charge >= 0.3 is 11.9 Å². The van der Waals surface area contributed by atoms with Gasteiger partial charge in [-0.15, -0.1) is 0 Å². The van der Waals surface area contributed by atoms with Crippen LogP contribution in [0.2, 0.25) is 0 Å². The van der Waals surface area contributed by atoms with Crippen molar-refractivity contribution in [3.05, 3.63) is 101 Å². The summed E-state index contributed by atoms with van der Waals surface area (Å²) in [6.07, 6.45) is 1.58. The van der Waals surface area contributed by atoms with E-state index in [9.17, 15) is 14.4 Å². The molecule has 0 bridgehead atoms. The van der Waals surface area contributed by atoms with E-state index in [2.05, 4.69) is 0 Å². The van der Waals surface area contributed by atoms with E-state index in [0.717, 1.165) is 0 Å². The van der Waals surface area contributed by atoms with E-state index in [4.69, 9.17) is 28.5 Å². The molecular formula is C31H22O9. The van der Waals surface area contributed by atoms with Gasteiger partial charge in [0.25, 0.3) is 0 Å². The van der Waals surface area contributed by atoms with Crippen LogP contribution in [-0.4, -0.2) is 37.0 Å². The summed E-state index contributed by atoms with van der Waals surface area (Å²) in [4.78, 5) is 37.1. The number of benzene rings is 3. The molecule has 2 aliphatic heterocycles. The van der Waals surface area contributed by atoms with Gasteiger partial charge in [0.1, 0.15) is 34.5 Å². The highest BCUT2D eigenvalue weighted by molar-refractivity contribution is 6.15. The number of fused-ring (bicyclic) bond motifs is 3. The van der Waals surface area contributed by atoms with Gasteiger partial charge < -0.3 is 28.5 Å². The Hall–Kier alpha value is -5.31. The van der Waals surface area contributed by atoms with E-state index in [1.54, 1.807) is 67.8 Å². The number of furan rings is 1. The molecule has 0 fully saturated rings. The van der Waals surface area contributed by atoms with Crippen molar-refractivity contribution in [3.8, 4) is 34.3 Å². The average molecular weight is 539 g/mol. The van der Waals surface area contributed by atoms with Gasteiger partial charge in [-0.2, -0.15) is 0 Å². The minimum atomic E-state index is -1.02. The first kappa shape index (κ1) is 25.0. The molecule has 200 valence electrons. The Bertz CT molecular complexity index is 1710. The molecule has 0 saturated heterocycles. The predicted molar refractivity (Wildman–Crippen MR) is 142 cm³/mol. The third-order valence-corrected chi connectivity index (χ3v) is 6.89. The molecule has 0 radical (unpaired) electrons. The van der Waals surface area contributed by atoms with Gasteiger partial charge in [-0.1, -0.05) is 12.1 Å². The summed E-state index contributed by atoms with van der Waals surface area (Å²) < 4.78 is 28.5. The van der Waals surface area contributed by atoms with Crippen LogP contribution in [0.5, 0.6) is 23.0 Å². The predicted octanol–water partition coefficient (Wildman–Crippen LogP) is 5.72. The van der Waals surface area contributed by atoms with Crippen molar-refractivity contribution in [2.45, 2.75) is 12.3 Å². The van der Waals surface area contributed by atoms with Crippen molar-refractivity contribution in [3.63, 3.8) is 0 Å². The van der Waals surface area contributed by atoms with Crippen LogP contribution in [-0.2, 0) is 4.79 Å². The maximum atomic E-state index is 13.3. The van der Waals surface area contributed by atoms with E-state index in [1.807, 2.05) is 0 Å². The molecule has 1 N–H and O–H groups in total. The SMILES string of the molecule is COc1ccc(/C=C2\Oc3c(ccc4c3C(c3ccc(-c5ccc(C(=O)O)cc5)o3)CC(=O)O4)C2=O)c(OC)c1. The van der Waals surface area contributed by atoms with Crippen molar-refractivity contribution >= 4 is 23.8 Å². The Morgan fingerprint density at radius 1 is 0.950 bits per heavy atom. The summed E-state index contributed by atoms with van der Waals surface area (Å²) in [7, 11) is 3.08. The molecule has 0 spiro atoms. The van der Waals surface area contributed by atoms with Crippen molar-refractivity contribution in [2.75, 3.05) is 14.2 Å². The van der Waals surface area contributed by atoms with E-state index >= 15 is 0 Å². The number of ketones is 1. The first-order valence-corrected chi connectivity index (χ1v) is 12.3. The Labute approximate surface area is 228 Å². The lowest BCUT2D eigenvalue weighted by Crippen LogP contribution is -2.21. The number of esters is 1. The molecule has 3 heterocycles. The zero-order valence-corrected chi connectivity index (χ0v) is 21.4. The molecule has 9 nitrogen and oxygen atoms in total. The zero-order chi connectivity index (χ0) is 28.0. The zero-order valence-electron chi connectivity index (χ0n) is 21.4. The van der Waals surface area contributed by atoms with Crippen LogP contribution in [0.25, 0.3) is 17.4 Å². The van der Waals surface area contributed by atoms with E-state index in [-0.39, 0.29) is 23.5 Å². The van der Waals surface area contributed by atoms with Crippen LogP contribution in [0.3, 0.4) is 0 Å². The summed E-state index contributed by atoms with van der Waals surface area (Å²) in [5, 5.41) is 9.16. The highest BCUT2D eigenvalue weighted by atomic mass is 16.5. The monoisotopic (exact) mass is 538 g/mol. The lowest BCUT2D eigenvalue weighted by atomic mass is 9.88. The molecule has 0 amide bonds. The molecule has 6 rings (SSSR count). The summed E-state index contributed by atoms with van der Waals surface area (Å²) in [6, 6.07) is 18.2. The number of Topliss-reactive ketones (excluding diaryl/α,β-unsaturated/α-hetero) is 1. The second-order valence-corrected chi connectivity index (χ2v) is 9.22. The van der Waals surface area contributed by atoms with Crippen LogP contribution in [0.4, 0.5) is 0 Å². The number of ether oxygens (including phenoxy) is 4. The molecular weight excluding hydrogens is 516 g/mol. The minimum absolute atomic E-state index is 0.0166. The Kier molecular flexibility index (Phi) is 6.11. The maximum Gasteiger partial charge on any atom is 0.335 e. The van der Waals surface area contributed by atoms with E-state index in [0.29, 0.717) is 56.8 Å². The van der Waals surface area contributed by atoms with Crippen LogP contribution in [0, 0.1) is 0 Å². The number of carbonyl (C=O) groups is 3. The molecule has 1 atom stereocenters. The summed E-state index contributed by atoms with van der Waals surface area (Å²) in [5.74, 6) is 0.450. The standard InChI is InChI=1S/C31H22O9/c1-36-19-8-7-18(25(14-19)37-2)13-26-29(33)20-9-10-24-28(30(20)40-26)21(15-27(32)39-24)23-12-11-22(38-23)16-3-5-17(6-4-16)31(34)35/h3-14,21H,15H2,1-2H3,(H,34,35)/b26-13-. The molecule has 3 aromatic carbocycles. The third-order valence-electron chi connectivity index (χ3n) is 6.89. The molecule has 0 aliphatic carbocycles. The van der Waals surface area contributed by atoms with E-state index in [1.165, 1.54) is 19.2 Å². The van der Waals surface area contributed by atoms with Crippen LogP contribution >= 0.6 is 0 Å². The first-order valence-electron chi connectivity index (χ1n) is 12.3. The number of hydrogen-bond acceptors (Lipinski definition) is 8. The molecule has 9 heteroatoms. The largest absolute Gasteiger partial charge is 0.497 e. The fourth-order valence-electron chi connectivity index (χ4n) is 4.90. The fraction of sp³-hybridized carbons (Fsp3) is 0.129. The quantitative estimate of drug-likeness (QED) is 0.187. The highest BCUT2D eigenvalue weighted by Gasteiger charge is 2.39. The van der Waals surface area contributed by atoms with Gasteiger partial charge in [-0.3, -0.25) is 9.59 Å². The number of rotatable bonds is 6. The maximum absolute atomic E-state index is 13.3. The van der Waals surface area contributed by atoms with Crippen molar-refractivity contribution in [1.29, 1.82) is 0 Å². The van der Waals surface area contributed by atoms with Crippen LogP contribution in [0.15, 0.2) is 76.9 Å². The first-order chi connectivity index (χ1) is 19.4. The lowest BCUT2D eigenvalue weighted by molar-refractivity contribution is -0.135. The Morgan fingerprint density at radius 2 is 1.75 bits per heavy atom. The van der Waals surface area contributed by atoms with Gasteiger partial charge in [-0.05, 0) is 54.6 Å². The molecule has 40 heavy (non-hydrogen) atoms. The van der Waals surface area contributed by atoms with Gasteiger partial charge in [-0.25, -0.2) is 4.79 Å². The Balaban J connectivity index is 1.38. The van der Waals surface area contributed by atoms with Gasteiger partial charge in [0.2, 0.25) is 5.78 Å². The van der Waals surface area contributed by atoms with Crippen molar-refractivity contribution in [1.82, 2.24) is 0 Å². The molecule has 0 saturated carbocycles. The smallest absolute Gasteiger partial charge is 0.335 e. The van der Waals surface area contributed by atoms with Gasteiger partial charge in [0.15, 0.2) is 5.76 Å². The van der Waals surface area contributed by atoms with Gasteiger partial charge in [0, 0.05) is 22.8 Å². The number of allylic oxidation sites excluding steroid dienone is 1. The topological polar surface area (TPSA) is 122 Å². The average Bonchev–Trinajstić information content (AvgIpc) is 3.58. The van der Waals surface area contributed by atoms with Gasteiger partial charge in [0.05, 0.1) is 37.7 Å². The minimum Gasteiger partial charge on any atom is -0.497 e. The molecule has 1 aromatic heterocycles. The molecule has 2 aliphatic rings. The number of aromatic carboxylic acids is 1. The number of carbonyl (C=O) groups excluding carboxylic acids is 2. The third kappa shape index (κ3) is 4.27. The van der Waals surface area contributed by atoms with Crippen LogP contribution in [0.1, 0.15) is 49.9 Å². The van der Waals surface area contributed by atoms with Crippen LogP contribution < -0.4 is 18.9 Å². The molecule has 1 unspecified atom stereocenters.